The fourth-order valence-electron chi connectivity index (χ4n) is 2.31. The summed E-state index contributed by atoms with van der Waals surface area (Å²) >= 11 is 0. The van der Waals surface area contributed by atoms with Crippen molar-refractivity contribution in [2.75, 3.05) is 31.1 Å². The first-order valence-corrected chi connectivity index (χ1v) is 6.53. The highest BCUT2D eigenvalue weighted by molar-refractivity contribution is 5.93. The van der Waals surface area contributed by atoms with Crippen LogP contribution in [0.15, 0.2) is 31.0 Å². The molecule has 0 N–H and O–H groups in total. The summed E-state index contributed by atoms with van der Waals surface area (Å²) in [5.41, 5.74) is 0.639. The van der Waals surface area contributed by atoms with Gasteiger partial charge in [-0.25, -0.2) is 4.98 Å². The molecule has 0 aromatic carbocycles. The van der Waals surface area contributed by atoms with Crippen LogP contribution < -0.4 is 4.90 Å². The van der Waals surface area contributed by atoms with Gasteiger partial charge in [0, 0.05) is 51.8 Å². The van der Waals surface area contributed by atoms with Crippen LogP contribution in [0.25, 0.3) is 0 Å². The maximum absolute atomic E-state index is 12.3. The van der Waals surface area contributed by atoms with Gasteiger partial charge in [-0.2, -0.15) is 5.10 Å². The van der Waals surface area contributed by atoms with Crippen LogP contribution in [-0.2, 0) is 7.05 Å². The van der Waals surface area contributed by atoms with Crippen LogP contribution in [0.4, 0.5) is 5.82 Å². The molecule has 0 radical (unpaired) electrons. The molecule has 0 unspecified atom stereocenters. The van der Waals surface area contributed by atoms with Crippen molar-refractivity contribution < 1.29 is 4.79 Å². The van der Waals surface area contributed by atoms with E-state index in [1.165, 1.54) is 0 Å². The Morgan fingerprint density at radius 1 is 1.15 bits per heavy atom. The number of hydrogen-bond acceptors (Lipinski definition) is 5. The van der Waals surface area contributed by atoms with E-state index in [-0.39, 0.29) is 5.91 Å². The second-order valence-corrected chi connectivity index (χ2v) is 4.75. The second-order valence-electron chi connectivity index (χ2n) is 4.75. The molecule has 2 aromatic heterocycles. The first kappa shape index (κ1) is 12.6. The molecule has 3 rings (SSSR count). The summed E-state index contributed by atoms with van der Waals surface area (Å²) in [6, 6.07) is 0. The Kier molecular flexibility index (Phi) is 3.32. The molecule has 2 aromatic rings. The summed E-state index contributed by atoms with van der Waals surface area (Å²) in [6.45, 7) is 2.91. The molecule has 1 saturated heterocycles. The third kappa shape index (κ3) is 2.47. The van der Waals surface area contributed by atoms with E-state index in [1.54, 1.807) is 35.7 Å². The first-order chi connectivity index (χ1) is 9.74. The van der Waals surface area contributed by atoms with Gasteiger partial charge in [0.25, 0.3) is 5.91 Å². The minimum atomic E-state index is 0.0388. The van der Waals surface area contributed by atoms with Gasteiger partial charge >= 0.3 is 0 Å². The molecule has 1 fully saturated rings. The molecule has 20 heavy (non-hydrogen) atoms. The van der Waals surface area contributed by atoms with Gasteiger partial charge in [-0.1, -0.05) is 0 Å². The van der Waals surface area contributed by atoms with Crippen LogP contribution in [0.5, 0.6) is 0 Å². The summed E-state index contributed by atoms with van der Waals surface area (Å²) < 4.78 is 1.64. The number of anilines is 1. The van der Waals surface area contributed by atoms with Gasteiger partial charge in [-0.15, -0.1) is 0 Å². The Hall–Kier alpha value is -2.44. The molecule has 1 aliphatic rings. The SMILES string of the molecule is Cn1cc(C(=O)N2CCN(c3cnccn3)CC2)cn1. The summed E-state index contributed by atoms with van der Waals surface area (Å²) in [7, 11) is 1.81. The molecule has 0 spiro atoms. The van der Waals surface area contributed by atoms with Crippen molar-refractivity contribution in [2.45, 2.75) is 0 Å². The number of aryl methyl sites for hydroxylation is 1. The van der Waals surface area contributed by atoms with Gasteiger partial charge in [0.15, 0.2) is 0 Å². The van der Waals surface area contributed by atoms with Crippen molar-refractivity contribution in [1.29, 1.82) is 0 Å². The second kappa shape index (κ2) is 5.28. The predicted octanol–water partition coefficient (Wildman–Crippen LogP) is 0.172. The van der Waals surface area contributed by atoms with E-state index in [2.05, 4.69) is 20.0 Å². The van der Waals surface area contributed by atoms with Gasteiger partial charge in [0.2, 0.25) is 0 Å². The fourth-order valence-corrected chi connectivity index (χ4v) is 2.31. The highest BCUT2D eigenvalue weighted by atomic mass is 16.2. The van der Waals surface area contributed by atoms with E-state index >= 15 is 0 Å². The topological polar surface area (TPSA) is 67.2 Å². The monoisotopic (exact) mass is 272 g/mol. The molecule has 0 atom stereocenters. The van der Waals surface area contributed by atoms with Crippen LogP contribution in [0.1, 0.15) is 10.4 Å². The van der Waals surface area contributed by atoms with E-state index in [1.807, 2.05) is 11.9 Å². The summed E-state index contributed by atoms with van der Waals surface area (Å²) in [5, 5.41) is 4.04. The normalized spacial score (nSPS) is 15.4. The number of piperazine rings is 1. The van der Waals surface area contributed by atoms with Crippen molar-refractivity contribution in [3.63, 3.8) is 0 Å². The summed E-state index contributed by atoms with van der Waals surface area (Å²) in [6.07, 6.45) is 8.45. The zero-order chi connectivity index (χ0) is 13.9. The minimum absolute atomic E-state index is 0.0388. The Bertz CT molecular complexity index is 588. The highest BCUT2D eigenvalue weighted by Gasteiger charge is 2.23. The molecule has 1 amide bonds. The number of nitrogens with zero attached hydrogens (tertiary/aromatic N) is 6. The average Bonchev–Trinajstić information content (AvgIpc) is 2.94. The molecule has 0 bridgehead atoms. The lowest BCUT2D eigenvalue weighted by atomic mass is 10.2. The van der Waals surface area contributed by atoms with Crippen LogP contribution in [-0.4, -0.2) is 56.7 Å². The highest BCUT2D eigenvalue weighted by Crippen LogP contribution is 2.13. The van der Waals surface area contributed by atoms with Crippen LogP contribution in [0, 0.1) is 0 Å². The zero-order valence-corrected chi connectivity index (χ0v) is 11.3. The standard InChI is InChI=1S/C13H16N6O/c1-17-10-11(8-16-17)13(20)19-6-4-18(5-7-19)12-9-14-2-3-15-12/h2-3,8-10H,4-7H2,1H3. The molecule has 104 valence electrons. The molecule has 0 aliphatic carbocycles. The van der Waals surface area contributed by atoms with Gasteiger partial charge in [0.1, 0.15) is 5.82 Å². The third-order valence-corrected chi connectivity index (χ3v) is 3.39. The largest absolute Gasteiger partial charge is 0.352 e. The van der Waals surface area contributed by atoms with E-state index in [4.69, 9.17) is 0 Å². The number of carbonyl (C=O) groups excluding carboxylic acids is 1. The Balaban J connectivity index is 1.63. The minimum Gasteiger partial charge on any atom is -0.352 e. The van der Waals surface area contributed by atoms with E-state index in [0.29, 0.717) is 18.7 Å². The van der Waals surface area contributed by atoms with E-state index < -0.39 is 0 Å². The number of aromatic nitrogens is 4. The predicted molar refractivity (Wildman–Crippen MR) is 73.4 cm³/mol. The number of amides is 1. The lowest BCUT2D eigenvalue weighted by molar-refractivity contribution is 0.0746. The van der Waals surface area contributed by atoms with Crippen molar-refractivity contribution in [1.82, 2.24) is 24.6 Å². The van der Waals surface area contributed by atoms with Crippen molar-refractivity contribution in [2.24, 2.45) is 7.05 Å². The van der Waals surface area contributed by atoms with Crippen LogP contribution >= 0.6 is 0 Å². The lowest BCUT2D eigenvalue weighted by Crippen LogP contribution is -2.49. The molecule has 1 aliphatic heterocycles. The van der Waals surface area contributed by atoms with Crippen LogP contribution in [0.3, 0.4) is 0 Å². The number of hydrogen-bond donors (Lipinski definition) is 0. The summed E-state index contributed by atoms with van der Waals surface area (Å²) in [5.74, 6) is 0.901. The third-order valence-electron chi connectivity index (χ3n) is 3.39. The molecule has 7 nitrogen and oxygen atoms in total. The average molecular weight is 272 g/mol. The Morgan fingerprint density at radius 3 is 2.55 bits per heavy atom. The van der Waals surface area contributed by atoms with Crippen molar-refractivity contribution in [3.8, 4) is 0 Å². The molecule has 3 heterocycles. The zero-order valence-electron chi connectivity index (χ0n) is 11.3. The van der Waals surface area contributed by atoms with E-state index in [9.17, 15) is 4.79 Å². The quantitative estimate of drug-likeness (QED) is 0.780. The van der Waals surface area contributed by atoms with Crippen molar-refractivity contribution in [3.05, 3.63) is 36.5 Å². The number of rotatable bonds is 2. The van der Waals surface area contributed by atoms with E-state index in [0.717, 1.165) is 18.9 Å². The molecular weight excluding hydrogens is 256 g/mol. The molecule has 7 heteroatoms. The number of carbonyl (C=O) groups is 1. The summed E-state index contributed by atoms with van der Waals surface area (Å²) in [4.78, 5) is 24.6. The molecule has 0 saturated carbocycles. The van der Waals surface area contributed by atoms with Gasteiger partial charge in [-0.3, -0.25) is 14.5 Å². The van der Waals surface area contributed by atoms with Gasteiger partial charge < -0.3 is 9.80 Å². The smallest absolute Gasteiger partial charge is 0.257 e. The lowest BCUT2D eigenvalue weighted by Gasteiger charge is -2.35. The molecular formula is C13H16N6O. The van der Waals surface area contributed by atoms with Gasteiger partial charge in [0.05, 0.1) is 18.0 Å². The maximum atomic E-state index is 12.3. The van der Waals surface area contributed by atoms with Gasteiger partial charge in [-0.05, 0) is 0 Å². The Labute approximate surface area is 116 Å². The van der Waals surface area contributed by atoms with Crippen LogP contribution in [0.2, 0.25) is 0 Å². The Morgan fingerprint density at radius 2 is 1.95 bits per heavy atom. The van der Waals surface area contributed by atoms with Crippen molar-refractivity contribution >= 4 is 11.7 Å². The first-order valence-electron chi connectivity index (χ1n) is 6.53. The fraction of sp³-hybridized carbons (Fsp3) is 0.385. The maximum Gasteiger partial charge on any atom is 0.257 e.